The van der Waals surface area contributed by atoms with Crippen LogP contribution in [0.4, 0.5) is 4.79 Å². The van der Waals surface area contributed by atoms with E-state index in [0.29, 0.717) is 6.54 Å². The van der Waals surface area contributed by atoms with Crippen molar-refractivity contribution in [3.8, 4) is 0 Å². The summed E-state index contributed by atoms with van der Waals surface area (Å²) < 4.78 is 0. The minimum atomic E-state index is -0.0181. The molecule has 2 amide bonds. The summed E-state index contributed by atoms with van der Waals surface area (Å²) in [4.78, 5) is 13.7. The fourth-order valence-corrected chi connectivity index (χ4v) is 1.81. The summed E-state index contributed by atoms with van der Waals surface area (Å²) in [6, 6.07) is 8.00. The molecule has 3 N–H and O–H groups in total. The van der Waals surface area contributed by atoms with Crippen molar-refractivity contribution in [1.29, 1.82) is 0 Å². The SMILES string of the molecule is CCN(CC)C(=O)NC(C)c1ccc(CN)cc1. The maximum Gasteiger partial charge on any atom is 0.317 e. The van der Waals surface area contributed by atoms with Crippen molar-refractivity contribution >= 4 is 6.03 Å². The molecule has 1 rings (SSSR count). The number of hydrogen-bond acceptors (Lipinski definition) is 2. The Morgan fingerprint density at radius 3 is 2.28 bits per heavy atom. The number of carbonyl (C=O) groups is 1. The smallest absolute Gasteiger partial charge is 0.317 e. The minimum Gasteiger partial charge on any atom is -0.331 e. The quantitative estimate of drug-likeness (QED) is 0.841. The van der Waals surface area contributed by atoms with Gasteiger partial charge in [-0.2, -0.15) is 0 Å². The number of nitrogens with one attached hydrogen (secondary N) is 1. The number of nitrogens with two attached hydrogens (primary N) is 1. The van der Waals surface area contributed by atoms with Crippen LogP contribution in [0.1, 0.15) is 37.9 Å². The molecule has 0 saturated carbocycles. The van der Waals surface area contributed by atoms with Crippen LogP contribution >= 0.6 is 0 Å². The fourth-order valence-electron chi connectivity index (χ4n) is 1.81. The van der Waals surface area contributed by atoms with E-state index in [1.54, 1.807) is 4.90 Å². The molecule has 0 radical (unpaired) electrons. The summed E-state index contributed by atoms with van der Waals surface area (Å²) in [5, 5.41) is 2.99. The lowest BCUT2D eigenvalue weighted by Crippen LogP contribution is -2.40. The van der Waals surface area contributed by atoms with Crippen LogP contribution in [0.25, 0.3) is 0 Å². The van der Waals surface area contributed by atoms with Crippen molar-refractivity contribution in [3.63, 3.8) is 0 Å². The Morgan fingerprint density at radius 1 is 1.28 bits per heavy atom. The number of carbonyl (C=O) groups excluding carboxylic acids is 1. The van der Waals surface area contributed by atoms with Crippen LogP contribution in [-0.2, 0) is 6.54 Å². The summed E-state index contributed by atoms with van der Waals surface area (Å²) in [5.74, 6) is 0. The molecule has 1 atom stereocenters. The third kappa shape index (κ3) is 3.74. The van der Waals surface area contributed by atoms with E-state index in [1.807, 2.05) is 45.0 Å². The van der Waals surface area contributed by atoms with Crippen LogP contribution in [0.5, 0.6) is 0 Å². The van der Waals surface area contributed by atoms with Gasteiger partial charge in [-0.3, -0.25) is 0 Å². The summed E-state index contributed by atoms with van der Waals surface area (Å²) in [7, 11) is 0. The first-order chi connectivity index (χ1) is 8.62. The standard InChI is InChI=1S/C14H23N3O/c1-4-17(5-2)14(18)16-11(3)13-8-6-12(10-15)7-9-13/h6-9,11H,4-5,10,15H2,1-3H3,(H,16,18). The molecule has 1 aromatic rings. The van der Waals surface area contributed by atoms with Crippen LogP contribution in [0, 0.1) is 0 Å². The first kappa shape index (κ1) is 14.5. The lowest BCUT2D eigenvalue weighted by atomic mass is 10.1. The van der Waals surface area contributed by atoms with Gasteiger partial charge >= 0.3 is 6.03 Å². The summed E-state index contributed by atoms with van der Waals surface area (Å²) in [6.45, 7) is 7.93. The van der Waals surface area contributed by atoms with E-state index in [0.717, 1.165) is 24.2 Å². The molecule has 18 heavy (non-hydrogen) atoms. The second-order valence-electron chi connectivity index (χ2n) is 4.29. The van der Waals surface area contributed by atoms with Gasteiger partial charge in [0.2, 0.25) is 0 Å². The maximum atomic E-state index is 11.9. The first-order valence-electron chi connectivity index (χ1n) is 6.46. The van der Waals surface area contributed by atoms with E-state index >= 15 is 0 Å². The molecule has 4 nitrogen and oxygen atoms in total. The lowest BCUT2D eigenvalue weighted by Gasteiger charge is -2.22. The van der Waals surface area contributed by atoms with Gasteiger partial charge in [0.15, 0.2) is 0 Å². The van der Waals surface area contributed by atoms with Crippen molar-refractivity contribution in [2.45, 2.75) is 33.4 Å². The second kappa shape index (κ2) is 7.01. The first-order valence-corrected chi connectivity index (χ1v) is 6.46. The highest BCUT2D eigenvalue weighted by Crippen LogP contribution is 2.13. The van der Waals surface area contributed by atoms with E-state index in [4.69, 9.17) is 5.73 Å². The van der Waals surface area contributed by atoms with E-state index < -0.39 is 0 Å². The van der Waals surface area contributed by atoms with Crippen LogP contribution in [0.15, 0.2) is 24.3 Å². The highest BCUT2D eigenvalue weighted by Gasteiger charge is 2.13. The number of rotatable bonds is 5. The van der Waals surface area contributed by atoms with Crippen LogP contribution in [0.3, 0.4) is 0 Å². The highest BCUT2D eigenvalue weighted by molar-refractivity contribution is 5.74. The Hall–Kier alpha value is -1.55. The Morgan fingerprint density at radius 2 is 1.83 bits per heavy atom. The van der Waals surface area contributed by atoms with Gasteiger partial charge in [-0.1, -0.05) is 24.3 Å². The molecule has 0 saturated heterocycles. The molecule has 0 aliphatic carbocycles. The molecule has 0 heterocycles. The molecule has 4 heteroatoms. The molecule has 0 aromatic heterocycles. The number of benzene rings is 1. The summed E-state index contributed by atoms with van der Waals surface area (Å²) in [6.07, 6.45) is 0. The predicted octanol–water partition coefficient (Wildman–Crippen LogP) is 2.26. The highest BCUT2D eigenvalue weighted by atomic mass is 16.2. The van der Waals surface area contributed by atoms with Gasteiger partial charge in [-0.05, 0) is 31.9 Å². The van der Waals surface area contributed by atoms with E-state index in [-0.39, 0.29) is 12.1 Å². The summed E-state index contributed by atoms with van der Waals surface area (Å²) >= 11 is 0. The maximum absolute atomic E-state index is 11.9. The molecule has 1 aromatic carbocycles. The van der Waals surface area contributed by atoms with Crippen molar-refractivity contribution in [1.82, 2.24) is 10.2 Å². The van der Waals surface area contributed by atoms with Gasteiger partial charge in [0.05, 0.1) is 6.04 Å². The van der Waals surface area contributed by atoms with Gasteiger partial charge in [0, 0.05) is 19.6 Å². The number of urea groups is 1. The average molecular weight is 249 g/mol. The van der Waals surface area contributed by atoms with E-state index in [9.17, 15) is 4.79 Å². The largest absolute Gasteiger partial charge is 0.331 e. The van der Waals surface area contributed by atoms with Gasteiger partial charge in [0.25, 0.3) is 0 Å². The van der Waals surface area contributed by atoms with Gasteiger partial charge in [0.1, 0.15) is 0 Å². The zero-order chi connectivity index (χ0) is 13.5. The number of nitrogens with zero attached hydrogens (tertiary/aromatic N) is 1. The second-order valence-corrected chi connectivity index (χ2v) is 4.29. The average Bonchev–Trinajstić information content (AvgIpc) is 2.40. The molecule has 1 unspecified atom stereocenters. The lowest BCUT2D eigenvalue weighted by molar-refractivity contribution is 0.200. The van der Waals surface area contributed by atoms with Crippen molar-refractivity contribution in [3.05, 3.63) is 35.4 Å². The minimum absolute atomic E-state index is 0.00456. The normalized spacial score (nSPS) is 12.0. The van der Waals surface area contributed by atoms with Crippen LogP contribution in [0.2, 0.25) is 0 Å². The molecule has 0 aliphatic rings. The molecule has 100 valence electrons. The Labute approximate surface area is 109 Å². The molecule has 0 aliphatic heterocycles. The molecule has 0 bridgehead atoms. The molecular weight excluding hydrogens is 226 g/mol. The zero-order valence-electron chi connectivity index (χ0n) is 11.4. The van der Waals surface area contributed by atoms with Crippen LogP contribution in [-0.4, -0.2) is 24.0 Å². The Kier molecular flexibility index (Phi) is 5.65. The third-order valence-corrected chi connectivity index (χ3v) is 3.11. The fraction of sp³-hybridized carbons (Fsp3) is 0.500. The number of amides is 2. The predicted molar refractivity (Wildman–Crippen MR) is 74.2 cm³/mol. The Balaban J connectivity index is 2.63. The summed E-state index contributed by atoms with van der Waals surface area (Å²) in [5.41, 5.74) is 7.74. The zero-order valence-corrected chi connectivity index (χ0v) is 11.4. The van der Waals surface area contributed by atoms with E-state index in [1.165, 1.54) is 0 Å². The molecule has 0 spiro atoms. The van der Waals surface area contributed by atoms with Gasteiger partial charge < -0.3 is 16.0 Å². The van der Waals surface area contributed by atoms with E-state index in [2.05, 4.69) is 5.32 Å². The molecule has 0 fully saturated rings. The van der Waals surface area contributed by atoms with Crippen molar-refractivity contribution in [2.75, 3.05) is 13.1 Å². The topological polar surface area (TPSA) is 58.4 Å². The third-order valence-electron chi connectivity index (χ3n) is 3.11. The van der Waals surface area contributed by atoms with Gasteiger partial charge in [-0.15, -0.1) is 0 Å². The number of hydrogen-bond donors (Lipinski definition) is 2. The van der Waals surface area contributed by atoms with Crippen molar-refractivity contribution in [2.24, 2.45) is 5.73 Å². The molecular formula is C14H23N3O. The monoisotopic (exact) mass is 249 g/mol. The van der Waals surface area contributed by atoms with Gasteiger partial charge in [-0.25, -0.2) is 4.79 Å². The van der Waals surface area contributed by atoms with Crippen molar-refractivity contribution < 1.29 is 4.79 Å². The Bertz CT molecular complexity index is 371. The van der Waals surface area contributed by atoms with Crippen LogP contribution < -0.4 is 11.1 Å².